The van der Waals surface area contributed by atoms with Crippen LogP contribution in [0.25, 0.3) is 11.3 Å². The van der Waals surface area contributed by atoms with E-state index in [4.69, 9.17) is 0 Å². The topological polar surface area (TPSA) is 42.0 Å². The molecule has 3 rings (SSSR count). The number of nitrogens with zero attached hydrogens (tertiary/aromatic N) is 1. The van der Waals surface area contributed by atoms with Crippen LogP contribution in [0.2, 0.25) is 0 Å². The Kier molecular flexibility index (Phi) is 5.78. The van der Waals surface area contributed by atoms with Gasteiger partial charge in [0.05, 0.1) is 5.69 Å². The highest BCUT2D eigenvalue weighted by atomic mass is 19.3. The highest BCUT2D eigenvalue weighted by Gasteiger charge is 2.29. The molecule has 0 unspecified atom stereocenters. The van der Waals surface area contributed by atoms with E-state index in [9.17, 15) is 18.0 Å². The van der Waals surface area contributed by atoms with Crippen LogP contribution in [0.4, 0.5) is 13.2 Å². The average molecular weight is 384 g/mol. The van der Waals surface area contributed by atoms with Crippen LogP contribution in [-0.4, -0.2) is 10.9 Å². The van der Waals surface area contributed by atoms with Crippen molar-refractivity contribution in [3.63, 3.8) is 0 Å². The van der Waals surface area contributed by atoms with Crippen LogP contribution in [0.15, 0.2) is 66.9 Å². The molecule has 3 nitrogen and oxygen atoms in total. The second-order valence-electron chi connectivity index (χ2n) is 6.38. The van der Waals surface area contributed by atoms with E-state index in [2.05, 4.69) is 10.3 Å². The third kappa shape index (κ3) is 4.57. The molecule has 0 saturated heterocycles. The van der Waals surface area contributed by atoms with E-state index in [1.165, 1.54) is 37.4 Å². The van der Waals surface area contributed by atoms with E-state index in [1.807, 2.05) is 0 Å². The fourth-order valence-electron chi connectivity index (χ4n) is 2.74. The first kappa shape index (κ1) is 19.6. The van der Waals surface area contributed by atoms with Crippen LogP contribution in [0.3, 0.4) is 0 Å². The highest BCUT2D eigenvalue weighted by Crippen LogP contribution is 2.32. The van der Waals surface area contributed by atoms with Gasteiger partial charge in [-0.25, -0.2) is 13.2 Å². The van der Waals surface area contributed by atoms with E-state index in [-0.39, 0.29) is 30.3 Å². The van der Waals surface area contributed by atoms with Gasteiger partial charge in [0.15, 0.2) is 0 Å². The second-order valence-corrected chi connectivity index (χ2v) is 6.38. The maximum atomic E-state index is 13.9. The van der Waals surface area contributed by atoms with Gasteiger partial charge >= 0.3 is 0 Å². The van der Waals surface area contributed by atoms with E-state index in [1.54, 1.807) is 36.4 Å². The van der Waals surface area contributed by atoms with Gasteiger partial charge in [-0.15, -0.1) is 0 Å². The first-order valence-electron chi connectivity index (χ1n) is 8.86. The third-order valence-corrected chi connectivity index (χ3v) is 4.41. The lowest BCUT2D eigenvalue weighted by Crippen LogP contribution is -2.22. The summed E-state index contributed by atoms with van der Waals surface area (Å²) in [6.07, 6.45) is 1.06. The lowest BCUT2D eigenvalue weighted by Gasteiger charge is -2.15. The van der Waals surface area contributed by atoms with E-state index in [0.29, 0.717) is 22.4 Å². The molecule has 3 aromatic rings. The fraction of sp³-hybridized carbons (Fsp3) is 0.182. The van der Waals surface area contributed by atoms with Crippen LogP contribution in [0.1, 0.15) is 34.8 Å². The Morgan fingerprint density at radius 3 is 2.50 bits per heavy atom. The Hall–Kier alpha value is -3.15. The number of aromatic nitrogens is 1. The summed E-state index contributed by atoms with van der Waals surface area (Å²) in [4.78, 5) is 16.4. The zero-order chi connectivity index (χ0) is 20.1. The average Bonchev–Trinajstić information content (AvgIpc) is 2.72. The van der Waals surface area contributed by atoms with Crippen LogP contribution in [-0.2, 0) is 12.5 Å². The van der Waals surface area contributed by atoms with Gasteiger partial charge in [0.1, 0.15) is 5.82 Å². The lowest BCUT2D eigenvalue weighted by atomic mass is 10.0. The van der Waals surface area contributed by atoms with Crippen molar-refractivity contribution in [3.8, 4) is 11.3 Å². The van der Waals surface area contributed by atoms with Crippen LogP contribution in [0, 0.1) is 5.82 Å². The monoisotopic (exact) mass is 384 g/mol. The van der Waals surface area contributed by atoms with E-state index in [0.717, 1.165) is 0 Å². The maximum absolute atomic E-state index is 13.9. The molecule has 0 radical (unpaired) electrons. The number of carbonyl (C=O) groups excluding carboxylic acids is 1. The van der Waals surface area contributed by atoms with Gasteiger partial charge in [0, 0.05) is 35.9 Å². The second kappa shape index (κ2) is 8.25. The third-order valence-electron chi connectivity index (χ3n) is 4.41. The SMILES string of the molecule is CCC(F)(F)c1ccnc(-c2ccc(C(=O)NCc3cccc(F)c3)cc2)c1. The largest absolute Gasteiger partial charge is 0.348 e. The number of rotatable bonds is 6. The number of nitrogens with one attached hydrogen (secondary N) is 1. The minimum absolute atomic E-state index is 0.0862. The molecule has 1 N–H and O–H groups in total. The summed E-state index contributed by atoms with van der Waals surface area (Å²) in [7, 11) is 0. The minimum Gasteiger partial charge on any atom is -0.348 e. The zero-order valence-corrected chi connectivity index (χ0v) is 15.3. The van der Waals surface area contributed by atoms with Gasteiger partial charge in [0.2, 0.25) is 0 Å². The molecule has 0 bridgehead atoms. The number of benzene rings is 2. The predicted molar refractivity (Wildman–Crippen MR) is 101 cm³/mol. The van der Waals surface area contributed by atoms with E-state index < -0.39 is 5.92 Å². The molecule has 1 amide bonds. The Balaban J connectivity index is 1.71. The van der Waals surface area contributed by atoms with Crippen molar-refractivity contribution >= 4 is 5.91 Å². The molecule has 28 heavy (non-hydrogen) atoms. The fourth-order valence-corrected chi connectivity index (χ4v) is 2.74. The number of hydrogen-bond donors (Lipinski definition) is 1. The molecule has 1 aromatic heterocycles. The standard InChI is InChI=1S/C22H19F3N2O/c1-2-22(24,25)18-10-11-26-20(13-18)16-6-8-17(9-7-16)21(28)27-14-15-4-3-5-19(23)12-15/h3-13H,2,14H2,1H3,(H,27,28). The first-order valence-corrected chi connectivity index (χ1v) is 8.86. The molecule has 0 saturated carbocycles. The summed E-state index contributed by atoms with van der Waals surface area (Å²) in [6, 6.07) is 15.2. The summed E-state index contributed by atoms with van der Waals surface area (Å²) < 4.78 is 41.0. The van der Waals surface area contributed by atoms with Gasteiger partial charge in [-0.3, -0.25) is 9.78 Å². The van der Waals surface area contributed by atoms with E-state index >= 15 is 0 Å². The molecule has 1 heterocycles. The van der Waals surface area contributed by atoms with Crippen molar-refractivity contribution in [2.45, 2.75) is 25.8 Å². The Morgan fingerprint density at radius 2 is 1.82 bits per heavy atom. The number of carbonyl (C=O) groups is 1. The molecule has 0 spiro atoms. The van der Waals surface area contributed by atoms with Crippen molar-refractivity contribution in [1.82, 2.24) is 10.3 Å². The van der Waals surface area contributed by atoms with Gasteiger partial charge in [-0.05, 0) is 42.0 Å². The number of halogens is 3. The number of amides is 1. The van der Waals surface area contributed by atoms with Crippen molar-refractivity contribution in [2.24, 2.45) is 0 Å². The summed E-state index contributed by atoms with van der Waals surface area (Å²) in [6.45, 7) is 1.63. The molecule has 0 aliphatic rings. The number of pyridine rings is 1. The van der Waals surface area contributed by atoms with Gasteiger partial charge < -0.3 is 5.32 Å². The Labute approximate surface area is 161 Å². The van der Waals surface area contributed by atoms with Crippen LogP contribution >= 0.6 is 0 Å². The van der Waals surface area contributed by atoms with Gasteiger partial charge in [-0.2, -0.15) is 0 Å². The van der Waals surface area contributed by atoms with Crippen molar-refractivity contribution in [3.05, 3.63) is 89.4 Å². The minimum atomic E-state index is -2.91. The summed E-state index contributed by atoms with van der Waals surface area (Å²) in [5, 5.41) is 2.72. The Morgan fingerprint density at radius 1 is 1.07 bits per heavy atom. The lowest BCUT2D eigenvalue weighted by molar-refractivity contribution is -0.00832. The Bertz CT molecular complexity index is 972. The van der Waals surface area contributed by atoms with Gasteiger partial charge in [-0.1, -0.05) is 31.2 Å². The molecule has 2 aromatic carbocycles. The van der Waals surface area contributed by atoms with Gasteiger partial charge in [0.25, 0.3) is 11.8 Å². The quantitative estimate of drug-likeness (QED) is 0.625. The first-order chi connectivity index (χ1) is 13.4. The normalized spacial score (nSPS) is 11.3. The molecular weight excluding hydrogens is 365 g/mol. The molecular formula is C22H19F3N2O. The van der Waals surface area contributed by atoms with Crippen LogP contribution in [0.5, 0.6) is 0 Å². The summed E-state index contributed by atoms with van der Waals surface area (Å²) in [5.41, 5.74) is 2.03. The predicted octanol–water partition coefficient (Wildman–Crippen LogP) is 5.32. The van der Waals surface area contributed by atoms with Crippen molar-refractivity contribution < 1.29 is 18.0 Å². The smallest absolute Gasteiger partial charge is 0.273 e. The van der Waals surface area contributed by atoms with Crippen LogP contribution < -0.4 is 5.32 Å². The number of alkyl halides is 2. The molecule has 0 atom stereocenters. The summed E-state index contributed by atoms with van der Waals surface area (Å²) >= 11 is 0. The van der Waals surface area contributed by atoms with Crippen molar-refractivity contribution in [1.29, 1.82) is 0 Å². The number of hydrogen-bond acceptors (Lipinski definition) is 2. The molecule has 0 fully saturated rings. The highest BCUT2D eigenvalue weighted by molar-refractivity contribution is 5.94. The van der Waals surface area contributed by atoms with Crippen molar-refractivity contribution in [2.75, 3.05) is 0 Å². The maximum Gasteiger partial charge on any atom is 0.273 e. The summed E-state index contributed by atoms with van der Waals surface area (Å²) in [5.74, 6) is -3.58. The molecule has 0 aliphatic heterocycles. The molecule has 0 aliphatic carbocycles. The molecule has 6 heteroatoms. The molecule has 144 valence electrons. The zero-order valence-electron chi connectivity index (χ0n) is 15.3.